The molecule has 0 atom stereocenters. The Balaban J connectivity index is 1.58. The van der Waals surface area contributed by atoms with Crippen LogP contribution >= 0.6 is 0 Å². The monoisotopic (exact) mass is 565 g/mol. The number of rotatable bonds is 19. The van der Waals surface area contributed by atoms with E-state index in [1.165, 1.54) is 64.2 Å². The smallest absolute Gasteiger partial charge is 0.123 e. The van der Waals surface area contributed by atoms with Gasteiger partial charge in [0.2, 0.25) is 0 Å². The summed E-state index contributed by atoms with van der Waals surface area (Å²) in [6.07, 6.45) is 18.4. The van der Waals surface area contributed by atoms with Crippen molar-refractivity contribution in [3.63, 3.8) is 0 Å². The first kappa shape index (κ1) is 31.2. The van der Waals surface area contributed by atoms with Gasteiger partial charge < -0.3 is 9.47 Å². The molecule has 222 valence electrons. The fourth-order valence-corrected chi connectivity index (χ4v) is 5.04. The molecular weight excluding hydrogens is 518 g/mol. The van der Waals surface area contributed by atoms with E-state index in [-0.39, 0.29) is 0 Å². The first-order valence-corrected chi connectivity index (χ1v) is 16.0. The fourth-order valence-electron chi connectivity index (χ4n) is 5.04. The third-order valence-electron chi connectivity index (χ3n) is 7.43. The zero-order chi connectivity index (χ0) is 29.2. The van der Waals surface area contributed by atoms with Crippen LogP contribution < -0.4 is 9.47 Å². The van der Waals surface area contributed by atoms with Gasteiger partial charge in [0.25, 0.3) is 0 Å². The molecule has 0 bridgehead atoms. The summed E-state index contributed by atoms with van der Waals surface area (Å²) in [5.41, 5.74) is 5.33. The van der Waals surface area contributed by atoms with E-state index < -0.39 is 0 Å². The van der Waals surface area contributed by atoms with Gasteiger partial charge in [-0.3, -0.25) is 9.97 Å². The molecule has 0 aliphatic rings. The second-order valence-electron chi connectivity index (χ2n) is 11.0. The van der Waals surface area contributed by atoms with Crippen LogP contribution in [0.3, 0.4) is 0 Å². The second kappa shape index (κ2) is 17.9. The lowest BCUT2D eigenvalue weighted by atomic mass is 10.0. The lowest BCUT2D eigenvalue weighted by molar-refractivity contribution is 0.290. The minimum absolute atomic E-state index is 0.709. The summed E-state index contributed by atoms with van der Waals surface area (Å²) in [6, 6.07) is 22.3. The molecule has 3 heterocycles. The van der Waals surface area contributed by atoms with Gasteiger partial charge in [0.05, 0.1) is 36.0 Å². The standard InChI is InChI=1S/C37H47N3O2/c1-3-5-7-9-11-17-23-41-32-25-30(26-33(29-32)42-24-18-12-10-8-6-4-2)31-27-36(34-19-13-15-21-38-34)40-37(28-31)35-20-14-16-22-39-35/h13-16,19-22,25-29H,3-12,17-18,23-24H2,1-2H3. The maximum absolute atomic E-state index is 6.30. The summed E-state index contributed by atoms with van der Waals surface area (Å²) < 4.78 is 12.6. The van der Waals surface area contributed by atoms with Gasteiger partial charge in [-0.2, -0.15) is 0 Å². The van der Waals surface area contributed by atoms with Gasteiger partial charge in [-0.15, -0.1) is 0 Å². The number of ether oxygens (including phenoxy) is 2. The summed E-state index contributed by atoms with van der Waals surface area (Å²) in [5.74, 6) is 1.68. The van der Waals surface area contributed by atoms with Crippen LogP contribution in [-0.2, 0) is 0 Å². The van der Waals surface area contributed by atoms with E-state index in [0.29, 0.717) is 13.2 Å². The number of pyridine rings is 3. The number of nitrogens with zero attached hydrogens (tertiary/aromatic N) is 3. The summed E-state index contributed by atoms with van der Waals surface area (Å²) in [6.45, 7) is 5.93. The molecule has 0 radical (unpaired) electrons. The highest BCUT2D eigenvalue weighted by molar-refractivity contribution is 5.76. The molecule has 5 heteroatoms. The molecule has 1 aromatic carbocycles. The normalized spacial score (nSPS) is 11.0. The molecule has 0 saturated carbocycles. The van der Waals surface area contributed by atoms with Gasteiger partial charge >= 0.3 is 0 Å². The van der Waals surface area contributed by atoms with Gasteiger partial charge in [0.15, 0.2) is 0 Å². The van der Waals surface area contributed by atoms with E-state index in [1.54, 1.807) is 12.4 Å². The molecule has 42 heavy (non-hydrogen) atoms. The van der Waals surface area contributed by atoms with E-state index in [0.717, 1.165) is 58.2 Å². The molecule has 0 aliphatic heterocycles. The molecule has 5 nitrogen and oxygen atoms in total. The Bertz CT molecular complexity index is 1220. The highest BCUT2D eigenvalue weighted by Crippen LogP contribution is 2.34. The number of unbranched alkanes of at least 4 members (excludes halogenated alkanes) is 10. The Morgan fingerprint density at radius 2 is 0.929 bits per heavy atom. The second-order valence-corrected chi connectivity index (χ2v) is 11.0. The van der Waals surface area contributed by atoms with Crippen molar-refractivity contribution in [2.24, 2.45) is 0 Å². The van der Waals surface area contributed by atoms with Crippen molar-refractivity contribution in [2.75, 3.05) is 13.2 Å². The largest absolute Gasteiger partial charge is 0.493 e. The van der Waals surface area contributed by atoms with Gasteiger partial charge in [0, 0.05) is 18.5 Å². The van der Waals surface area contributed by atoms with Crippen LogP contribution in [0.5, 0.6) is 11.5 Å². The maximum atomic E-state index is 6.30. The summed E-state index contributed by atoms with van der Waals surface area (Å²) >= 11 is 0. The van der Waals surface area contributed by atoms with Gasteiger partial charge in [-0.1, -0.05) is 90.2 Å². The molecule has 0 aliphatic carbocycles. The Hall–Kier alpha value is -3.73. The highest BCUT2D eigenvalue weighted by atomic mass is 16.5. The van der Waals surface area contributed by atoms with Crippen LogP contribution in [0.4, 0.5) is 0 Å². The topological polar surface area (TPSA) is 57.1 Å². The van der Waals surface area contributed by atoms with Crippen molar-refractivity contribution >= 4 is 0 Å². The van der Waals surface area contributed by atoms with Crippen LogP contribution in [-0.4, -0.2) is 28.2 Å². The van der Waals surface area contributed by atoms with E-state index in [4.69, 9.17) is 14.5 Å². The number of aromatic nitrogens is 3. The Kier molecular flexibility index (Phi) is 13.3. The van der Waals surface area contributed by atoms with Crippen molar-refractivity contribution in [2.45, 2.75) is 90.9 Å². The molecule has 0 saturated heterocycles. The summed E-state index contributed by atoms with van der Waals surface area (Å²) in [4.78, 5) is 14.1. The Morgan fingerprint density at radius 3 is 1.38 bits per heavy atom. The zero-order valence-electron chi connectivity index (χ0n) is 25.6. The maximum Gasteiger partial charge on any atom is 0.123 e. The molecule has 3 aromatic heterocycles. The first-order valence-electron chi connectivity index (χ1n) is 16.0. The van der Waals surface area contributed by atoms with Crippen molar-refractivity contribution in [3.8, 4) is 45.4 Å². The molecule has 0 amide bonds. The van der Waals surface area contributed by atoms with Gasteiger partial charge in [-0.25, -0.2) is 4.98 Å². The molecule has 0 spiro atoms. The van der Waals surface area contributed by atoms with Gasteiger partial charge in [-0.05, 0) is 72.5 Å². The van der Waals surface area contributed by atoms with E-state index >= 15 is 0 Å². The minimum Gasteiger partial charge on any atom is -0.493 e. The number of hydrogen-bond acceptors (Lipinski definition) is 5. The SMILES string of the molecule is CCCCCCCCOc1cc(OCCCCCCCC)cc(-c2cc(-c3ccccn3)nc(-c3ccccn3)c2)c1. The summed E-state index contributed by atoms with van der Waals surface area (Å²) in [7, 11) is 0. The lowest BCUT2D eigenvalue weighted by Crippen LogP contribution is -2.01. The van der Waals surface area contributed by atoms with Crippen LogP contribution in [0, 0.1) is 0 Å². The minimum atomic E-state index is 0.709. The van der Waals surface area contributed by atoms with Crippen molar-refractivity contribution < 1.29 is 9.47 Å². The molecule has 4 aromatic rings. The van der Waals surface area contributed by atoms with Crippen LogP contribution in [0.15, 0.2) is 79.1 Å². The van der Waals surface area contributed by atoms with Crippen molar-refractivity contribution in [3.05, 3.63) is 79.1 Å². The molecule has 0 N–H and O–H groups in total. The highest BCUT2D eigenvalue weighted by Gasteiger charge is 2.13. The third kappa shape index (κ3) is 10.3. The first-order chi connectivity index (χ1) is 20.8. The van der Waals surface area contributed by atoms with Crippen LogP contribution in [0.25, 0.3) is 33.9 Å². The third-order valence-corrected chi connectivity index (χ3v) is 7.43. The predicted octanol–water partition coefficient (Wildman–Crippen LogP) is 10.4. The molecule has 4 rings (SSSR count). The van der Waals surface area contributed by atoms with Crippen LogP contribution in [0.1, 0.15) is 90.9 Å². The zero-order valence-corrected chi connectivity index (χ0v) is 25.6. The van der Waals surface area contributed by atoms with E-state index in [9.17, 15) is 0 Å². The van der Waals surface area contributed by atoms with Gasteiger partial charge in [0.1, 0.15) is 11.5 Å². The average molecular weight is 566 g/mol. The predicted molar refractivity (Wildman–Crippen MR) is 174 cm³/mol. The molecular formula is C37H47N3O2. The lowest BCUT2D eigenvalue weighted by Gasteiger charge is -2.14. The Labute approximate surface area is 252 Å². The average Bonchev–Trinajstić information content (AvgIpc) is 3.04. The molecule has 0 fully saturated rings. The van der Waals surface area contributed by atoms with E-state index in [1.807, 2.05) is 42.5 Å². The summed E-state index contributed by atoms with van der Waals surface area (Å²) in [5, 5.41) is 0. The number of benzene rings is 1. The van der Waals surface area contributed by atoms with E-state index in [2.05, 4.69) is 48.1 Å². The quantitative estimate of drug-likeness (QED) is 0.106. The van der Waals surface area contributed by atoms with Crippen molar-refractivity contribution in [1.82, 2.24) is 15.0 Å². The molecule has 0 unspecified atom stereocenters. The number of hydrogen-bond donors (Lipinski definition) is 0. The van der Waals surface area contributed by atoms with Crippen LogP contribution in [0.2, 0.25) is 0 Å². The fraction of sp³-hybridized carbons (Fsp3) is 0.432. The van der Waals surface area contributed by atoms with Crippen molar-refractivity contribution in [1.29, 1.82) is 0 Å². The Morgan fingerprint density at radius 1 is 0.476 bits per heavy atom.